The molecular formula is C10H20. The summed E-state index contributed by atoms with van der Waals surface area (Å²) in [6, 6.07) is 0. The minimum Gasteiger partial charge on any atom is -0.0654 e. The molecule has 0 nitrogen and oxygen atoms in total. The first-order valence-electron chi connectivity index (χ1n) is 4.68. The van der Waals surface area contributed by atoms with Gasteiger partial charge in [-0.05, 0) is 23.7 Å². The van der Waals surface area contributed by atoms with E-state index >= 15 is 0 Å². The standard InChI is InChI=1S/C10H20/c1-5-6-10-8(3)7(2)9(10)4/h7-10H,5-6H2,1-4H3. The molecule has 1 rings (SSSR count). The van der Waals surface area contributed by atoms with Crippen molar-refractivity contribution in [2.75, 3.05) is 0 Å². The van der Waals surface area contributed by atoms with Crippen molar-refractivity contribution in [3.05, 3.63) is 0 Å². The lowest BCUT2D eigenvalue weighted by Gasteiger charge is -2.48. The smallest absolute Gasteiger partial charge is 0.0357 e. The van der Waals surface area contributed by atoms with Gasteiger partial charge < -0.3 is 0 Å². The zero-order valence-corrected chi connectivity index (χ0v) is 7.72. The molecular weight excluding hydrogens is 120 g/mol. The summed E-state index contributed by atoms with van der Waals surface area (Å²) in [6.07, 6.45) is 2.82. The Kier molecular flexibility index (Phi) is 2.38. The minimum atomic E-state index is 0.983. The largest absolute Gasteiger partial charge is 0.0654 e. The third-order valence-corrected chi connectivity index (χ3v) is 3.63. The highest BCUT2D eigenvalue weighted by molar-refractivity contribution is 4.89. The Morgan fingerprint density at radius 3 is 1.80 bits per heavy atom. The molecule has 60 valence electrons. The molecule has 1 saturated carbocycles. The predicted molar refractivity (Wildman–Crippen MR) is 45.9 cm³/mol. The third kappa shape index (κ3) is 1.09. The van der Waals surface area contributed by atoms with Crippen LogP contribution in [0.15, 0.2) is 0 Å². The molecule has 1 aliphatic carbocycles. The second-order valence-electron chi connectivity index (χ2n) is 4.03. The zero-order chi connectivity index (χ0) is 7.72. The van der Waals surface area contributed by atoms with Gasteiger partial charge in [0.05, 0.1) is 0 Å². The van der Waals surface area contributed by atoms with Crippen LogP contribution >= 0.6 is 0 Å². The Balaban J connectivity index is 2.34. The van der Waals surface area contributed by atoms with Gasteiger partial charge in [0, 0.05) is 0 Å². The molecule has 0 aliphatic heterocycles. The average Bonchev–Trinajstić information content (AvgIpc) is 1.98. The Bertz CT molecular complexity index is 96.6. The molecule has 0 radical (unpaired) electrons. The number of hydrogen-bond donors (Lipinski definition) is 0. The summed E-state index contributed by atoms with van der Waals surface area (Å²) >= 11 is 0. The fraction of sp³-hybridized carbons (Fsp3) is 1.00. The maximum atomic E-state index is 2.41. The van der Waals surface area contributed by atoms with Crippen LogP contribution < -0.4 is 0 Å². The van der Waals surface area contributed by atoms with Crippen LogP contribution in [0, 0.1) is 23.7 Å². The van der Waals surface area contributed by atoms with E-state index in [4.69, 9.17) is 0 Å². The molecule has 0 aromatic carbocycles. The van der Waals surface area contributed by atoms with Gasteiger partial charge in [-0.25, -0.2) is 0 Å². The van der Waals surface area contributed by atoms with Crippen molar-refractivity contribution >= 4 is 0 Å². The molecule has 2 unspecified atom stereocenters. The van der Waals surface area contributed by atoms with E-state index in [0.29, 0.717) is 0 Å². The first kappa shape index (κ1) is 8.10. The maximum Gasteiger partial charge on any atom is -0.0357 e. The number of hydrogen-bond acceptors (Lipinski definition) is 0. The van der Waals surface area contributed by atoms with Crippen LogP contribution in [0.5, 0.6) is 0 Å². The first-order valence-corrected chi connectivity index (χ1v) is 4.68. The molecule has 0 heterocycles. The first-order chi connectivity index (χ1) is 4.68. The van der Waals surface area contributed by atoms with Crippen LogP contribution in [0.4, 0.5) is 0 Å². The van der Waals surface area contributed by atoms with Crippen LogP contribution in [-0.2, 0) is 0 Å². The lowest BCUT2D eigenvalue weighted by Crippen LogP contribution is -2.41. The maximum absolute atomic E-state index is 2.41. The molecule has 2 atom stereocenters. The molecule has 0 spiro atoms. The van der Waals surface area contributed by atoms with Crippen LogP contribution in [0.3, 0.4) is 0 Å². The van der Waals surface area contributed by atoms with Crippen molar-refractivity contribution in [1.29, 1.82) is 0 Å². The van der Waals surface area contributed by atoms with E-state index in [-0.39, 0.29) is 0 Å². The minimum absolute atomic E-state index is 0.983. The molecule has 0 saturated heterocycles. The highest BCUT2D eigenvalue weighted by atomic mass is 14.5. The summed E-state index contributed by atoms with van der Waals surface area (Å²) < 4.78 is 0. The summed E-state index contributed by atoms with van der Waals surface area (Å²) in [5, 5.41) is 0. The summed E-state index contributed by atoms with van der Waals surface area (Å²) in [7, 11) is 0. The van der Waals surface area contributed by atoms with Crippen molar-refractivity contribution in [3.63, 3.8) is 0 Å². The van der Waals surface area contributed by atoms with Crippen LogP contribution in [0.2, 0.25) is 0 Å². The molecule has 0 aromatic rings. The lowest BCUT2D eigenvalue weighted by molar-refractivity contribution is 0.00924. The Morgan fingerprint density at radius 2 is 1.40 bits per heavy atom. The van der Waals surface area contributed by atoms with E-state index in [1.54, 1.807) is 0 Å². The third-order valence-electron chi connectivity index (χ3n) is 3.63. The van der Waals surface area contributed by atoms with Crippen molar-refractivity contribution < 1.29 is 0 Å². The molecule has 0 heteroatoms. The monoisotopic (exact) mass is 140 g/mol. The van der Waals surface area contributed by atoms with Crippen LogP contribution in [0.25, 0.3) is 0 Å². The van der Waals surface area contributed by atoms with Crippen molar-refractivity contribution in [3.8, 4) is 0 Å². The number of rotatable bonds is 2. The van der Waals surface area contributed by atoms with Gasteiger partial charge in [0.2, 0.25) is 0 Å². The zero-order valence-electron chi connectivity index (χ0n) is 7.72. The van der Waals surface area contributed by atoms with Gasteiger partial charge in [-0.1, -0.05) is 40.5 Å². The van der Waals surface area contributed by atoms with E-state index in [1.807, 2.05) is 0 Å². The molecule has 0 amide bonds. The summed E-state index contributed by atoms with van der Waals surface area (Å²) in [5.41, 5.74) is 0. The van der Waals surface area contributed by atoms with E-state index in [9.17, 15) is 0 Å². The van der Waals surface area contributed by atoms with E-state index in [2.05, 4.69) is 27.7 Å². The topological polar surface area (TPSA) is 0 Å². The van der Waals surface area contributed by atoms with E-state index in [0.717, 1.165) is 23.7 Å². The molecule has 0 bridgehead atoms. The summed E-state index contributed by atoms with van der Waals surface area (Å²) in [6.45, 7) is 9.50. The van der Waals surface area contributed by atoms with Gasteiger partial charge >= 0.3 is 0 Å². The average molecular weight is 140 g/mol. The van der Waals surface area contributed by atoms with Crippen LogP contribution in [-0.4, -0.2) is 0 Å². The lowest BCUT2D eigenvalue weighted by atomic mass is 9.58. The normalized spacial score (nSPS) is 46.8. The van der Waals surface area contributed by atoms with E-state index in [1.165, 1.54) is 12.8 Å². The molecule has 1 aliphatic rings. The van der Waals surface area contributed by atoms with Crippen LogP contribution in [0.1, 0.15) is 40.5 Å². The Morgan fingerprint density at radius 1 is 0.900 bits per heavy atom. The van der Waals surface area contributed by atoms with Gasteiger partial charge in [0.1, 0.15) is 0 Å². The molecule has 10 heavy (non-hydrogen) atoms. The van der Waals surface area contributed by atoms with Gasteiger partial charge in [-0.15, -0.1) is 0 Å². The Labute approximate surface area is 65.0 Å². The molecule has 1 fully saturated rings. The highest BCUT2D eigenvalue weighted by Gasteiger charge is 2.40. The van der Waals surface area contributed by atoms with Gasteiger partial charge in [0.15, 0.2) is 0 Å². The van der Waals surface area contributed by atoms with Gasteiger partial charge in [-0.3, -0.25) is 0 Å². The Hall–Kier alpha value is 0. The molecule has 0 aromatic heterocycles. The fourth-order valence-corrected chi connectivity index (χ4v) is 2.45. The SMILES string of the molecule is CCCC1C(C)C(C)C1C. The molecule has 0 N–H and O–H groups in total. The fourth-order valence-electron chi connectivity index (χ4n) is 2.45. The highest BCUT2D eigenvalue weighted by Crippen LogP contribution is 2.47. The van der Waals surface area contributed by atoms with Crippen molar-refractivity contribution in [2.24, 2.45) is 23.7 Å². The predicted octanol–water partition coefficient (Wildman–Crippen LogP) is 3.32. The van der Waals surface area contributed by atoms with Gasteiger partial charge in [0.25, 0.3) is 0 Å². The summed E-state index contributed by atoms with van der Waals surface area (Å²) in [5.74, 6) is 4.02. The van der Waals surface area contributed by atoms with Crippen molar-refractivity contribution in [2.45, 2.75) is 40.5 Å². The van der Waals surface area contributed by atoms with E-state index < -0.39 is 0 Å². The van der Waals surface area contributed by atoms with Gasteiger partial charge in [-0.2, -0.15) is 0 Å². The quantitative estimate of drug-likeness (QED) is 0.552. The second-order valence-corrected chi connectivity index (χ2v) is 4.03. The second kappa shape index (κ2) is 2.94. The summed E-state index contributed by atoms with van der Waals surface area (Å²) in [4.78, 5) is 0. The van der Waals surface area contributed by atoms with Crippen molar-refractivity contribution in [1.82, 2.24) is 0 Å².